The van der Waals surface area contributed by atoms with Crippen LogP contribution in [-0.4, -0.2) is 30.6 Å². The van der Waals surface area contributed by atoms with Crippen molar-refractivity contribution in [2.24, 2.45) is 0 Å². The third kappa shape index (κ3) is 4.16. The highest BCUT2D eigenvalue weighted by Gasteiger charge is 2.16. The number of rotatable bonds is 5. The number of hydrogen-bond acceptors (Lipinski definition) is 2. The Morgan fingerprint density at radius 2 is 1.89 bits per heavy atom. The molecule has 0 radical (unpaired) electrons. The molecule has 1 fully saturated rings. The van der Waals surface area contributed by atoms with Crippen molar-refractivity contribution in [2.75, 3.05) is 25.0 Å². The molecule has 2 N–H and O–H groups in total. The molecule has 4 nitrogen and oxygen atoms in total. The number of hydrogen-bond donors (Lipinski definition) is 2. The fourth-order valence-corrected chi connectivity index (χ4v) is 2.22. The molecule has 2 rings (SSSR count). The van der Waals surface area contributed by atoms with Crippen LogP contribution in [0.25, 0.3) is 0 Å². The van der Waals surface area contributed by atoms with Crippen molar-refractivity contribution in [3.05, 3.63) is 29.8 Å². The van der Waals surface area contributed by atoms with Crippen LogP contribution in [0.5, 0.6) is 0 Å². The van der Waals surface area contributed by atoms with E-state index in [0.717, 1.165) is 50.1 Å². The SMILES string of the molecule is CCCNc1ccc(CNC(=O)N2CCCC2)cc1. The maximum absolute atomic E-state index is 11.8. The maximum atomic E-state index is 11.8. The second kappa shape index (κ2) is 7.02. The van der Waals surface area contributed by atoms with Gasteiger partial charge in [-0.3, -0.25) is 0 Å². The lowest BCUT2D eigenvalue weighted by Gasteiger charge is -2.16. The van der Waals surface area contributed by atoms with Gasteiger partial charge in [-0.2, -0.15) is 0 Å². The smallest absolute Gasteiger partial charge is 0.317 e. The van der Waals surface area contributed by atoms with Gasteiger partial charge in [-0.25, -0.2) is 4.79 Å². The zero-order valence-electron chi connectivity index (χ0n) is 11.6. The molecule has 0 saturated carbocycles. The summed E-state index contributed by atoms with van der Waals surface area (Å²) in [6.07, 6.45) is 3.38. The zero-order chi connectivity index (χ0) is 13.5. The van der Waals surface area contributed by atoms with Crippen LogP contribution >= 0.6 is 0 Å². The number of amides is 2. The zero-order valence-corrected chi connectivity index (χ0v) is 11.6. The topological polar surface area (TPSA) is 44.4 Å². The first kappa shape index (κ1) is 13.7. The summed E-state index contributed by atoms with van der Waals surface area (Å²) in [4.78, 5) is 13.7. The molecule has 0 unspecified atom stereocenters. The first-order valence-corrected chi connectivity index (χ1v) is 7.15. The second-order valence-corrected chi connectivity index (χ2v) is 4.98. The van der Waals surface area contributed by atoms with Crippen molar-refractivity contribution < 1.29 is 4.79 Å². The molecule has 1 aliphatic rings. The highest BCUT2D eigenvalue weighted by atomic mass is 16.2. The van der Waals surface area contributed by atoms with E-state index in [-0.39, 0.29) is 6.03 Å². The van der Waals surface area contributed by atoms with E-state index in [0.29, 0.717) is 6.54 Å². The van der Waals surface area contributed by atoms with Crippen molar-refractivity contribution in [1.82, 2.24) is 10.2 Å². The van der Waals surface area contributed by atoms with E-state index >= 15 is 0 Å². The Kier molecular flexibility index (Phi) is 5.07. The average molecular weight is 261 g/mol. The third-order valence-corrected chi connectivity index (χ3v) is 3.37. The quantitative estimate of drug-likeness (QED) is 0.856. The van der Waals surface area contributed by atoms with Crippen molar-refractivity contribution in [1.29, 1.82) is 0 Å². The van der Waals surface area contributed by atoms with E-state index in [1.165, 1.54) is 0 Å². The number of likely N-dealkylation sites (tertiary alicyclic amines) is 1. The summed E-state index contributed by atoms with van der Waals surface area (Å²) in [6.45, 7) is 5.53. The van der Waals surface area contributed by atoms with Gasteiger partial charge in [0.05, 0.1) is 0 Å². The Morgan fingerprint density at radius 3 is 2.53 bits per heavy atom. The Labute approximate surface area is 115 Å². The number of carbonyl (C=O) groups is 1. The standard InChI is InChI=1S/C15H23N3O/c1-2-9-16-14-7-5-13(6-8-14)12-17-15(19)18-10-3-4-11-18/h5-8,16H,2-4,9-12H2,1H3,(H,17,19). The first-order valence-electron chi connectivity index (χ1n) is 7.15. The van der Waals surface area contributed by atoms with E-state index in [2.05, 4.69) is 41.8 Å². The average Bonchev–Trinajstić information content (AvgIpc) is 2.98. The van der Waals surface area contributed by atoms with Gasteiger partial charge in [0.1, 0.15) is 0 Å². The maximum Gasteiger partial charge on any atom is 0.317 e. The van der Waals surface area contributed by atoms with Crippen LogP contribution in [0.2, 0.25) is 0 Å². The van der Waals surface area contributed by atoms with Crippen molar-refractivity contribution in [2.45, 2.75) is 32.7 Å². The first-order chi connectivity index (χ1) is 9.29. The highest BCUT2D eigenvalue weighted by molar-refractivity contribution is 5.74. The van der Waals surface area contributed by atoms with E-state index < -0.39 is 0 Å². The summed E-state index contributed by atoms with van der Waals surface area (Å²) in [5.74, 6) is 0. The van der Waals surface area contributed by atoms with Gasteiger partial charge in [0.2, 0.25) is 0 Å². The Hall–Kier alpha value is -1.71. The molecule has 19 heavy (non-hydrogen) atoms. The molecule has 1 aromatic rings. The van der Waals surface area contributed by atoms with Gasteiger partial charge in [0.25, 0.3) is 0 Å². The summed E-state index contributed by atoms with van der Waals surface area (Å²) in [7, 11) is 0. The summed E-state index contributed by atoms with van der Waals surface area (Å²) in [6, 6.07) is 8.30. The normalized spacial score (nSPS) is 14.5. The molecule has 2 amide bonds. The van der Waals surface area contributed by atoms with Crippen molar-refractivity contribution in [3.63, 3.8) is 0 Å². The molecular formula is C15H23N3O. The van der Waals surface area contributed by atoms with E-state index in [4.69, 9.17) is 0 Å². The van der Waals surface area contributed by atoms with E-state index in [1.807, 2.05) is 4.90 Å². The van der Waals surface area contributed by atoms with Crippen molar-refractivity contribution >= 4 is 11.7 Å². The predicted molar refractivity (Wildman–Crippen MR) is 78.3 cm³/mol. The van der Waals surface area contributed by atoms with Gasteiger partial charge in [-0.05, 0) is 37.0 Å². The van der Waals surface area contributed by atoms with Crippen LogP contribution in [0.3, 0.4) is 0 Å². The van der Waals surface area contributed by atoms with Crippen LogP contribution in [0.15, 0.2) is 24.3 Å². The fourth-order valence-electron chi connectivity index (χ4n) is 2.22. The molecular weight excluding hydrogens is 238 g/mol. The highest BCUT2D eigenvalue weighted by Crippen LogP contribution is 2.10. The lowest BCUT2D eigenvalue weighted by molar-refractivity contribution is 0.208. The van der Waals surface area contributed by atoms with Gasteiger partial charge in [0, 0.05) is 31.9 Å². The molecule has 1 aliphatic heterocycles. The number of carbonyl (C=O) groups excluding carboxylic acids is 1. The monoisotopic (exact) mass is 261 g/mol. The van der Waals surface area contributed by atoms with E-state index in [1.54, 1.807) is 0 Å². The molecule has 1 heterocycles. The molecule has 0 aliphatic carbocycles. The van der Waals surface area contributed by atoms with Gasteiger partial charge < -0.3 is 15.5 Å². The molecule has 104 valence electrons. The van der Waals surface area contributed by atoms with E-state index in [9.17, 15) is 4.79 Å². The number of nitrogens with zero attached hydrogens (tertiary/aromatic N) is 1. The minimum Gasteiger partial charge on any atom is -0.385 e. The van der Waals surface area contributed by atoms with Crippen LogP contribution in [0.4, 0.5) is 10.5 Å². The molecule has 1 saturated heterocycles. The Bertz CT molecular complexity index is 396. The Balaban J connectivity index is 1.77. The van der Waals surface area contributed by atoms with Gasteiger partial charge >= 0.3 is 6.03 Å². The fraction of sp³-hybridized carbons (Fsp3) is 0.533. The third-order valence-electron chi connectivity index (χ3n) is 3.37. The second-order valence-electron chi connectivity index (χ2n) is 4.98. The summed E-state index contributed by atoms with van der Waals surface area (Å²) in [5.41, 5.74) is 2.27. The molecule has 0 spiro atoms. The van der Waals surface area contributed by atoms with Crippen LogP contribution in [0.1, 0.15) is 31.7 Å². The number of nitrogens with one attached hydrogen (secondary N) is 2. The predicted octanol–water partition coefficient (Wildman–Crippen LogP) is 2.81. The van der Waals surface area contributed by atoms with Gasteiger partial charge in [-0.1, -0.05) is 19.1 Å². The van der Waals surface area contributed by atoms with Gasteiger partial charge in [-0.15, -0.1) is 0 Å². The largest absolute Gasteiger partial charge is 0.385 e. The minimum absolute atomic E-state index is 0.0608. The lowest BCUT2D eigenvalue weighted by Crippen LogP contribution is -2.37. The summed E-state index contributed by atoms with van der Waals surface area (Å²) < 4.78 is 0. The number of urea groups is 1. The lowest BCUT2D eigenvalue weighted by atomic mass is 10.2. The molecule has 0 aromatic heterocycles. The molecule has 1 aromatic carbocycles. The summed E-state index contributed by atoms with van der Waals surface area (Å²) in [5, 5.41) is 6.31. The van der Waals surface area contributed by atoms with Crippen LogP contribution in [0, 0.1) is 0 Å². The molecule has 4 heteroatoms. The van der Waals surface area contributed by atoms with Crippen LogP contribution < -0.4 is 10.6 Å². The molecule has 0 bridgehead atoms. The number of anilines is 1. The minimum atomic E-state index is 0.0608. The van der Waals surface area contributed by atoms with Gasteiger partial charge in [0.15, 0.2) is 0 Å². The Morgan fingerprint density at radius 1 is 1.21 bits per heavy atom. The summed E-state index contributed by atoms with van der Waals surface area (Å²) >= 11 is 0. The number of benzene rings is 1. The van der Waals surface area contributed by atoms with Crippen LogP contribution in [-0.2, 0) is 6.54 Å². The molecule has 0 atom stereocenters. The van der Waals surface area contributed by atoms with Crippen molar-refractivity contribution in [3.8, 4) is 0 Å².